The highest BCUT2D eigenvalue weighted by Crippen LogP contribution is 2.32. The number of nitrogens with one attached hydrogen (secondary N) is 2. The van der Waals surface area contributed by atoms with Crippen molar-refractivity contribution in [2.75, 3.05) is 22.1 Å². The Hall–Kier alpha value is -4.31. The van der Waals surface area contributed by atoms with Crippen molar-refractivity contribution >= 4 is 46.4 Å². The highest BCUT2D eigenvalue weighted by atomic mass is 35.5. The van der Waals surface area contributed by atoms with E-state index in [0.717, 1.165) is 17.0 Å². The summed E-state index contributed by atoms with van der Waals surface area (Å²) in [5.74, 6) is -1.52. The lowest BCUT2D eigenvalue weighted by Crippen LogP contribution is -2.32. The van der Waals surface area contributed by atoms with E-state index in [4.69, 9.17) is 16.3 Å². The minimum absolute atomic E-state index is 0.0356. The number of carbonyl (C=O) groups excluding carboxylic acids is 3. The number of benzene rings is 3. The van der Waals surface area contributed by atoms with Crippen LogP contribution in [-0.4, -0.2) is 24.3 Å². The van der Waals surface area contributed by atoms with Gasteiger partial charge in [0.15, 0.2) is 0 Å². The van der Waals surface area contributed by atoms with E-state index < -0.39 is 29.5 Å². The molecule has 0 radical (unpaired) electrons. The number of imide groups is 1. The van der Waals surface area contributed by atoms with Crippen LogP contribution < -0.4 is 20.3 Å². The fourth-order valence-electron chi connectivity index (χ4n) is 3.56. The van der Waals surface area contributed by atoms with Crippen LogP contribution in [0, 0.1) is 0 Å². The van der Waals surface area contributed by atoms with Gasteiger partial charge in [0.1, 0.15) is 16.5 Å². The van der Waals surface area contributed by atoms with E-state index in [1.54, 1.807) is 24.3 Å². The normalized spacial score (nSPS) is 13.7. The highest BCUT2D eigenvalue weighted by Gasteiger charge is 2.39. The highest BCUT2D eigenvalue weighted by molar-refractivity contribution is 6.53. The molecule has 7 nitrogen and oxygen atoms in total. The van der Waals surface area contributed by atoms with Crippen molar-refractivity contribution in [2.24, 2.45) is 0 Å². The fraction of sp³-hybridized carbons (Fsp3) is 0.115. The van der Waals surface area contributed by atoms with Gasteiger partial charge in [-0.1, -0.05) is 23.7 Å². The zero-order valence-corrected chi connectivity index (χ0v) is 20.0. The lowest BCUT2D eigenvalue weighted by atomic mass is 10.1. The summed E-state index contributed by atoms with van der Waals surface area (Å²) in [6, 6.07) is 16.4. The third-order valence-electron chi connectivity index (χ3n) is 5.28. The van der Waals surface area contributed by atoms with E-state index >= 15 is 0 Å². The van der Waals surface area contributed by atoms with Gasteiger partial charge in [0.25, 0.3) is 17.7 Å². The van der Waals surface area contributed by atoms with Crippen LogP contribution in [-0.2, 0) is 15.8 Å². The number of halogens is 4. The Morgan fingerprint density at radius 2 is 1.62 bits per heavy atom. The van der Waals surface area contributed by atoms with Crippen molar-refractivity contribution in [3.8, 4) is 5.75 Å². The van der Waals surface area contributed by atoms with Gasteiger partial charge in [0.2, 0.25) is 0 Å². The first-order valence-corrected chi connectivity index (χ1v) is 11.3. The summed E-state index contributed by atoms with van der Waals surface area (Å²) in [7, 11) is 0. The second kappa shape index (κ2) is 10.4. The lowest BCUT2D eigenvalue weighted by Gasteiger charge is -2.16. The molecule has 0 saturated heterocycles. The van der Waals surface area contributed by atoms with Crippen molar-refractivity contribution in [1.82, 2.24) is 0 Å². The maximum atomic E-state index is 13.0. The predicted molar refractivity (Wildman–Crippen MR) is 132 cm³/mol. The summed E-state index contributed by atoms with van der Waals surface area (Å²) in [6.07, 6.45) is -4.55. The molecule has 1 heterocycles. The summed E-state index contributed by atoms with van der Waals surface area (Å²) >= 11 is 6.17. The van der Waals surface area contributed by atoms with Gasteiger partial charge in [-0.05, 0) is 67.6 Å². The number of rotatable bonds is 7. The molecule has 1 aliphatic heterocycles. The Kier molecular flexibility index (Phi) is 7.21. The number of alkyl halides is 3. The maximum absolute atomic E-state index is 13.0. The average Bonchev–Trinajstić information content (AvgIpc) is 3.07. The number of carbonyl (C=O) groups is 3. The third kappa shape index (κ3) is 5.59. The number of nitrogens with zero attached hydrogens (tertiary/aromatic N) is 1. The van der Waals surface area contributed by atoms with Gasteiger partial charge in [-0.25, -0.2) is 4.90 Å². The Morgan fingerprint density at radius 1 is 0.946 bits per heavy atom. The SMILES string of the molecule is CCOc1ccc(N2C(=O)C(Cl)=C(Nc3cccc(C(=O)Nc4cccc(C(F)(F)F)c4)c3)C2=O)cc1. The van der Waals surface area contributed by atoms with Crippen LogP contribution in [0.25, 0.3) is 0 Å². The Balaban J connectivity index is 1.50. The largest absolute Gasteiger partial charge is 0.494 e. The molecule has 0 unspecified atom stereocenters. The zero-order valence-electron chi connectivity index (χ0n) is 19.2. The first kappa shape index (κ1) is 25.8. The Labute approximate surface area is 214 Å². The summed E-state index contributed by atoms with van der Waals surface area (Å²) in [5, 5.41) is 4.85. The molecule has 0 aliphatic carbocycles. The van der Waals surface area contributed by atoms with Crippen molar-refractivity contribution in [3.63, 3.8) is 0 Å². The molecule has 1 aliphatic rings. The topological polar surface area (TPSA) is 87.7 Å². The van der Waals surface area contributed by atoms with Gasteiger partial charge in [0.05, 0.1) is 17.9 Å². The van der Waals surface area contributed by atoms with Crippen molar-refractivity contribution < 1.29 is 32.3 Å². The van der Waals surface area contributed by atoms with Gasteiger partial charge >= 0.3 is 6.18 Å². The second-order valence-corrected chi connectivity index (χ2v) is 8.18. The molecule has 3 amide bonds. The van der Waals surface area contributed by atoms with Crippen molar-refractivity contribution in [2.45, 2.75) is 13.1 Å². The lowest BCUT2D eigenvalue weighted by molar-refractivity contribution is -0.137. The molecule has 3 aromatic carbocycles. The Bertz CT molecular complexity index is 1400. The molecule has 0 bridgehead atoms. The summed E-state index contributed by atoms with van der Waals surface area (Å²) in [6.45, 7) is 2.28. The number of anilines is 3. The smallest absolute Gasteiger partial charge is 0.416 e. The van der Waals surface area contributed by atoms with Gasteiger partial charge in [-0.15, -0.1) is 0 Å². The van der Waals surface area contributed by atoms with Crippen LogP contribution in [0.5, 0.6) is 5.75 Å². The standard InChI is InChI=1S/C26H19ClF3N3O4/c1-2-37-20-11-9-19(10-12-20)33-24(35)21(27)22(25(33)36)31-17-7-3-5-15(13-17)23(34)32-18-8-4-6-16(14-18)26(28,29)30/h3-14,31H,2H2,1H3,(H,32,34). The second-order valence-electron chi connectivity index (χ2n) is 7.80. The molecule has 4 rings (SSSR count). The molecule has 0 aromatic heterocycles. The van der Waals surface area contributed by atoms with E-state index in [2.05, 4.69) is 10.6 Å². The van der Waals surface area contributed by atoms with E-state index in [0.29, 0.717) is 18.0 Å². The summed E-state index contributed by atoms with van der Waals surface area (Å²) in [4.78, 5) is 39.3. The summed E-state index contributed by atoms with van der Waals surface area (Å²) < 4.78 is 44.2. The summed E-state index contributed by atoms with van der Waals surface area (Å²) in [5.41, 5.74) is -0.465. The molecular formula is C26H19ClF3N3O4. The molecule has 190 valence electrons. The van der Waals surface area contributed by atoms with Crippen molar-refractivity contribution in [1.29, 1.82) is 0 Å². The molecule has 0 saturated carbocycles. The fourth-order valence-corrected chi connectivity index (χ4v) is 3.78. The Morgan fingerprint density at radius 3 is 2.30 bits per heavy atom. The average molecular weight is 530 g/mol. The van der Waals surface area contributed by atoms with Gasteiger partial charge in [-0.3, -0.25) is 14.4 Å². The van der Waals surface area contributed by atoms with Crippen LogP contribution >= 0.6 is 11.6 Å². The maximum Gasteiger partial charge on any atom is 0.416 e. The van der Waals surface area contributed by atoms with Crippen molar-refractivity contribution in [3.05, 3.63) is 94.7 Å². The number of hydrogen-bond donors (Lipinski definition) is 2. The first-order chi connectivity index (χ1) is 17.6. The molecule has 0 fully saturated rings. The van der Waals surface area contributed by atoms with Crippen LogP contribution in [0.2, 0.25) is 0 Å². The molecule has 11 heteroatoms. The first-order valence-electron chi connectivity index (χ1n) is 11.0. The molecule has 2 N–H and O–H groups in total. The van der Waals surface area contributed by atoms with Crippen LogP contribution in [0.3, 0.4) is 0 Å². The third-order valence-corrected chi connectivity index (χ3v) is 5.63. The quantitative estimate of drug-likeness (QED) is 0.378. The van der Waals surface area contributed by atoms with E-state index in [9.17, 15) is 27.6 Å². The van der Waals surface area contributed by atoms with E-state index in [-0.39, 0.29) is 27.7 Å². The van der Waals surface area contributed by atoms with E-state index in [1.807, 2.05) is 6.92 Å². The van der Waals surface area contributed by atoms with Gasteiger partial charge < -0.3 is 15.4 Å². The minimum Gasteiger partial charge on any atom is -0.494 e. The van der Waals surface area contributed by atoms with Crippen LogP contribution in [0.1, 0.15) is 22.8 Å². The van der Waals surface area contributed by atoms with E-state index in [1.165, 1.54) is 36.4 Å². The molecule has 0 spiro atoms. The van der Waals surface area contributed by atoms with Gasteiger partial charge in [0, 0.05) is 16.9 Å². The van der Waals surface area contributed by atoms with Crippen LogP contribution in [0.4, 0.5) is 30.2 Å². The zero-order chi connectivity index (χ0) is 26.7. The molecule has 0 atom stereocenters. The predicted octanol–water partition coefficient (Wildman–Crippen LogP) is 5.79. The number of hydrogen-bond acceptors (Lipinski definition) is 5. The number of amides is 3. The van der Waals surface area contributed by atoms with Crippen LogP contribution in [0.15, 0.2) is 83.5 Å². The monoisotopic (exact) mass is 529 g/mol. The molecule has 3 aromatic rings. The minimum atomic E-state index is -4.55. The molecular weight excluding hydrogens is 511 g/mol. The molecule has 37 heavy (non-hydrogen) atoms. The van der Waals surface area contributed by atoms with Gasteiger partial charge in [-0.2, -0.15) is 13.2 Å². The number of ether oxygens (including phenoxy) is 1.